The molecule has 0 aliphatic rings. The second-order valence-corrected chi connectivity index (χ2v) is 2.56. The fraction of sp³-hybridized carbons (Fsp3) is 0. The van der Waals surface area contributed by atoms with E-state index in [0.29, 0.717) is 11.0 Å². The van der Waals surface area contributed by atoms with E-state index in [1.54, 1.807) is 12.1 Å². The largest absolute Gasteiger partial charge is 0.376 e. The first-order valence-corrected chi connectivity index (χ1v) is 3.53. The number of thiocarbonyl (C=S) groups is 1. The third kappa shape index (κ3) is 2.65. The van der Waals surface area contributed by atoms with Crippen molar-refractivity contribution in [3.8, 4) is 0 Å². The third-order valence-electron chi connectivity index (χ3n) is 0.883. The lowest BCUT2D eigenvalue weighted by Gasteiger charge is -1.99. The van der Waals surface area contributed by atoms with Crippen LogP contribution < -0.4 is 11.1 Å². The molecule has 3 N–H and O–H groups in total. The lowest BCUT2D eigenvalue weighted by molar-refractivity contribution is 1.04. The summed E-state index contributed by atoms with van der Waals surface area (Å²) in [7, 11) is 0. The maximum absolute atomic E-state index is 5.48. The van der Waals surface area contributed by atoms with Crippen LogP contribution in [0, 0.1) is 0 Å². The Labute approximate surface area is 73.8 Å². The molecule has 0 aromatic carbocycles. The van der Waals surface area contributed by atoms with E-state index in [9.17, 15) is 0 Å². The topological polar surface area (TPSA) is 63.8 Å². The van der Waals surface area contributed by atoms with E-state index in [1.165, 1.54) is 0 Å². The fourth-order valence-corrected chi connectivity index (χ4v) is 0.714. The van der Waals surface area contributed by atoms with Crippen LogP contribution in [0.1, 0.15) is 0 Å². The molecule has 0 fully saturated rings. The van der Waals surface area contributed by atoms with Crippen molar-refractivity contribution in [3.63, 3.8) is 0 Å². The summed E-state index contributed by atoms with van der Waals surface area (Å²) in [6, 6.07) is 3.23. The van der Waals surface area contributed by atoms with E-state index in [0.717, 1.165) is 0 Å². The summed E-state index contributed by atoms with van der Waals surface area (Å²) in [5.74, 6) is 0.488. The van der Waals surface area contributed by atoms with Crippen LogP contribution >= 0.6 is 23.8 Å². The van der Waals surface area contributed by atoms with Gasteiger partial charge in [0.05, 0.1) is 0 Å². The molecule has 1 rings (SSSR count). The van der Waals surface area contributed by atoms with Gasteiger partial charge >= 0.3 is 0 Å². The summed E-state index contributed by atoms with van der Waals surface area (Å²) in [6.07, 6.45) is 0. The van der Waals surface area contributed by atoms with E-state index in [-0.39, 0.29) is 5.11 Å². The Hall–Kier alpha value is -0.940. The predicted molar refractivity (Wildman–Crippen MR) is 47.5 cm³/mol. The molecular formula is C5H5ClN4S. The van der Waals surface area contributed by atoms with Crippen LogP contribution in [0.2, 0.25) is 5.15 Å². The second kappa shape index (κ2) is 3.45. The zero-order valence-electron chi connectivity index (χ0n) is 5.41. The second-order valence-electron chi connectivity index (χ2n) is 1.73. The van der Waals surface area contributed by atoms with Crippen LogP contribution in [0.25, 0.3) is 0 Å². The summed E-state index contributed by atoms with van der Waals surface area (Å²) in [5.41, 5.74) is 5.18. The van der Waals surface area contributed by atoms with Crippen molar-refractivity contribution in [1.29, 1.82) is 0 Å². The normalized spacial score (nSPS) is 9.18. The summed E-state index contributed by atoms with van der Waals surface area (Å²) in [6.45, 7) is 0. The highest BCUT2D eigenvalue weighted by Crippen LogP contribution is 2.04. The van der Waals surface area contributed by atoms with Gasteiger partial charge < -0.3 is 11.1 Å². The highest BCUT2D eigenvalue weighted by Gasteiger charge is 1.94. The molecule has 0 aliphatic carbocycles. The molecule has 4 nitrogen and oxygen atoms in total. The Morgan fingerprint density at radius 3 is 2.73 bits per heavy atom. The van der Waals surface area contributed by atoms with Crippen molar-refractivity contribution in [2.45, 2.75) is 0 Å². The molecule has 0 spiro atoms. The van der Waals surface area contributed by atoms with Gasteiger partial charge in [-0.1, -0.05) is 11.6 Å². The maximum Gasteiger partial charge on any atom is 0.169 e. The Morgan fingerprint density at radius 1 is 1.55 bits per heavy atom. The molecule has 1 aromatic heterocycles. The summed E-state index contributed by atoms with van der Waals surface area (Å²) in [5, 5.41) is 10.3. The Kier molecular flexibility index (Phi) is 2.56. The lowest BCUT2D eigenvalue weighted by atomic mass is 10.5. The van der Waals surface area contributed by atoms with Crippen LogP contribution in [-0.2, 0) is 0 Å². The smallest absolute Gasteiger partial charge is 0.169 e. The van der Waals surface area contributed by atoms with Crippen molar-refractivity contribution in [3.05, 3.63) is 17.3 Å². The van der Waals surface area contributed by atoms with Gasteiger partial charge in [-0.2, -0.15) is 0 Å². The third-order valence-corrected chi connectivity index (χ3v) is 1.19. The van der Waals surface area contributed by atoms with E-state index in [2.05, 4.69) is 27.7 Å². The van der Waals surface area contributed by atoms with Gasteiger partial charge in [-0.05, 0) is 24.4 Å². The molecule has 0 saturated carbocycles. The minimum atomic E-state index is 0.154. The monoisotopic (exact) mass is 188 g/mol. The van der Waals surface area contributed by atoms with Gasteiger partial charge in [0.2, 0.25) is 0 Å². The minimum absolute atomic E-state index is 0.154. The molecule has 0 saturated heterocycles. The zero-order chi connectivity index (χ0) is 8.27. The number of anilines is 1. The number of nitrogens with zero attached hydrogens (tertiary/aromatic N) is 2. The first-order chi connectivity index (χ1) is 5.18. The first-order valence-electron chi connectivity index (χ1n) is 2.74. The van der Waals surface area contributed by atoms with E-state index in [4.69, 9.17) is 17.3 Å². The lowest BCUT2D eigenvalue weighted by Crippen LogP contribution is -2.19. The predicted octanol–water partition coefficient (Wildman–Crippen LogP) is 0.786. The molecule has 0 bridgehead atoms. The van der Waals surface area contributed by atoms with Gasteiger partial charge in [0.15, 0.2) is 16.1 Å². The average Bonchev–Trinajstić information content (AvgIpc) is 1.93. The van der Waals surface area contributed by atoms with Gasteiger partial charge in [-0.3, -0.25) is 0 Å². The quantitative estimate of drug-likeness (QED) is 0.638. The molecule has 11 heavy (non-hydrogen) atoms. The Bertz CT molecular complexity index is 260. The van der Waals surface area contributed by atoms with Crippen LogP contribution in [0.4, 0.5) is 5.82 Å². The number of nitrogens with one attached hydrogen (secondary N) is 1. The number of hydrogen-bond donors (Lipinski definition) is 2. The van der Waals surface area contributed by atoms with Crippen molar-refractivity contribution < 1.29 is 0 Å². The fourth-order valence-electron chi connectivity index (χ4n) is 0.509. The van der Waals surface area contributed by atoms with Gasteiger partial charge in [0.25, 0.3) is 0 Å². The molecular weight excluding hydrogens is 184 g/mol. The number of nitrogens with two attached hydrogens (primary N) is 1. The van der Waals surface area contributed by atoms with Gasteiger partial charge in [0.1, 0.15) is 0 Å². The SMILES string of the molecule is NC(=S)Nc1ccc(Cl)nn1. The summed E-state index contributed by atoms with van der Waals surface area (Å²) >= 11 is 10.1. The zero-order valence-corrected chi connectivity index (χ0v) is 6.99. The van der Waals surface area contributed by atoms with E-state index < -0.39 is 0 Å². The molecule has 6 heteroatoms. The van der Waals surface area contributed by atoms with Crippen LogP contribution in [0.3, 0.4) is 0 Å². The molecule has 1 aromatic rings. The van der Waals surface area contributed by atoms with Gasteiger partial charge in [-0.15, -0.1) is 10.2 Å². The summed E-state index contributed by atoms with van der Waals surface area (Å²) in [4.78, 5) is 0. The van der Waals surface area contributed by atoms with Gasteiger partial charge in [-0.25, -0.2) is 0 Å². The van der Waals surface area contributed by atoms with Crippen LogP contribution in [0.5, 0.6) is 0 Å². The van der Waals surface area contributed by atoms with Crippen LogP contribution in [-0.4, -0.2) is 15.3 Å². The molecule has 0 radical (unpaired) electrons. The number of rotatable bonds is 1. The maximum atomic E-state index is 5.48. The number of hydrogen-bond acceptors (Lipinski definition) is 3. The summed E-state index contributed by atoms with van der Waals surface area (Å²) < 4.78 is 0. The first kappa shape index (κ1) is 8.16. The highest BCUT2D eigenvalue weighted by atomic mass is 35.5. The molecule has 58 valence electrons. The van der Waals surface area contributed by atoms with Crippen molar-refractivity contribution in [1.82, 2.24) is 10.2 Å². The van der Waals surface area contributed by atoms with Crippen LogP contribution in [0.15, 0.2) is 12.1 Å². The molecule has 1 heterocycles. The Balaban J connectivity index is 2.74. The molecule has 0 aliphatic heterocycles. The molecule has 0 atom stereocenters. The Morgan fingerprint density at radius 2 is 2.27 bits per heavy atom. The average molecular weight is 189 g/mol. The standard InChI is InChI=1S/C5H5ClN4S/c6-3-1-2-4(10-9-3)8-5(7)11/h1-2H,(H3,7,8,10,11). The number of halogens is 1. The molecule has 0 amide bonds. The number of aromatic nitrogens is 2. The highest BCUT2D eigenvalue weighted by molar-refractivity contribution is 7.80. The van der Waals surface area contributed by atoms with Crippen molar-refractivity contribution >= 4 is 34.7 Å². The van der Waals surface area contributed by atoms with E-state index >= 15 is 0 Å². The van der Waals surface area contributed by atoms with Crippen molar-refractivity contribution in [2.75, 3.05) is 5.32 Å². The molecule has 0 unspecified atom stereocenters. The van der Waals surface area contributed by atoms with E-state index in [1.807, 2.05) is 0 Å². The van der Waals surface area contributed by atoms with Gasteiger partial charge in [0, 0.05) is 0 Å². The van der Waals surface area contributed by atoms with Crippen molar-refractivity contribution in [2.24, 2.45) is 5.73 Å². The minimum Gasteiger partial charge on any atom is -0.376 e.